The molecule has 0 aromatic rings. The van der Waals surface area contributed by atoms with Crippen molar-refractivity contribution in [2.24, 2.45) is 5.41 Å². The number of aliphatic hydroxyl groups excluding tert-OH is 1. The van der Waals surface area contributed by atoms with Gasteiger partial charge in [-0.05, 0) is 61.9 Å². The number of aliphatic hydroxyl groups is 2. The third kappa shape index (κ3) is 2.68. The number of allylic oxidation sites excluding steroid dienone is 4. The van der Waals surface area contributed by atoms with Crippen LogP contribution in [0.5, 0.6) is 0 Å². The van der Waals surface area contributed by atoms with Crippen LogP contribution in [0.1, 0.15) is 38.5 Å². The largest absolute Gasteiger partial charge is 0.512 e. The van der Waals surface area contributed by atoms with E-state index in [1.165, 1.54) is 12.0 Å². The zero-order valence-corrected chi connectivity index (χ0v) is 13.6. The van der Waals surface area contributed by atoms with Gasteiger partial charge in [0, 0.05) is 17.6 Å². The lowest BCUT2D eigenvalue weighted by Gasteiger charge is -2.49. The van der Waals surface area contributed by atoms with E-state index >= 15 is 0 Å². The van der Waals surface area contributed by atoms with E-state index < -0.39 is 11.0 Å². The summed E-state index contributed by atoms with van der Waals surface area (Å²) in [5, 5.41) is 21.7. The molecule has 0 aromatic heterocycles. The Labute approximate surface area is 136 Å². The third-order valence-corrected chi connectivity index (χ3v) is 5.78. The second-order valence-electron chi connectivity index (χ2n) is 6.48. The van der Waals surface area contributed by atoms with Crippen molar-refractivity contribution in [3.8, 4) is 0 Å². The lowest BCUT2D eigenvalue weighted by molar-refractivity contribution is -0.0828. The molecule has 4 heteroatoms. The molecule has 0 amide bonds. The quantitative estimate of drug-likeness (QED) is 0.601. The Morgan fingerprint density at radius 3 is 3.00 bits per heavy atom. The molecule has 1 saturated heterocycles. The summed E-state index contributed by atoms with van der Waals surface area (Å²) in [5.41, 5.74) is -0.634. The first-order valence-corrected chi connectivity index (χ1v) is 8.91. The third-order valence-electron chi connectivity index (χ3n) is 5.01. The summed E-state index contributed by atoms with van der Waals surface area (Å²) in [4.78, 5) is 0. The SMILES string of the molecule is C=CCC1=CC(O)(C2(C3CCSO3)C=CCCC2)CC(O)=C1. The van der Waals surface area contributed by atoms with Gasteiger partial charge in [0.05, 0.1) is 11.9 Å². The second kappa shape index (κ2) is 6.26. The van der Waals surface area contributed by atoms with Crippen molar-refractivity contribution < 1.29 is 14.4 Å². The Morgan fingerprint density at radius 2 is 2.36 bits per heavy atom. The van der Waals surface area contributed by atoms with E-state index in [1.807, 2.05) is 6.08 Å². The molecule has 0 saturated carbocycles. The molecule has 1 aliphatic heterocycles. The molecule has 3 nitrogen and oxygen atoms in total. The first-order chi connectivity index (χ1) is 10.6. The summed E-state index contributed by atoms with van der Waals surface area (Å²) in [6.07, 6.45) is 14.6. The normalized spacial score (nSPS) is 38.5. The monoisotopic (exact) mass is 320 g/mol. The van der Waals surface area contributed by atoms with Crippen molar-refractivity contribution in [2.75, 3.05) is 5.75 Å². The van der Waals surface area contributed by atoms with E-state index in [0.717, 1.165) is 37.0 Å². The summed E-state index contributed by atoms with van der Waals surface area (Å²) >= 11 is 1.49. The van der Waals surface area contributed by atoms with Gasteiger partial charge in [0.1, 0.15) is 5.60 Å². The van der Waals surface area contributed by atoms with Gasteiger partial charge in [0.25, 0.3) is 0 Å². The summed E-state index contributed by atoms with van der Waals surface area (Å²) in [6, 6.07) is 0. The Bertz CT molecular complexity index is 530. The predicted octanol–water partition coefficient (Wildman–Crippen LogP) is 4.23. The van der Waals surface area contributed by atoms with Gasteiger partial charge < -0.3 is 14.4 Å². The maximum Gasteiger partial charge on any atom is 0.102 e. The fraction of sp³-hybridized carbons (Fsp3) is 0.556. The summed E-state index contributed by atoms with van der Waals surface area (Å²) in [7, 11) is 0. The van der Waals surface area contributed by atoms with E-state index in [0.29, 0.717) is 6.42 Å². The van der Waals surface area contributed by atoms with Gasteiger partial charge in [-0.1, -0.05) is 18.2 Å². The number of hydrogen-bond donors (Lipinski definition) is 2. The van der Waals surface area contributed by atoms with E-state index in [1.54, 1.807) is 12.2 Å². The van der Waals surface area contributed by atoms with Gasteiger partial charge in [0.15, 0.2) is 0 Å². The fourth-order valence-corrected chi connectivity index (χ4v) is 4.84. The van der Waals surface area contributed by atoms with Crippen LogP contribution in [0, 0.1) is 5.41 Å². The highest BCUT2D eigenvalue weighted by Gasteiger charge is 2.55. The highest BCUT2D eigenvalue weighted by molar-refractivity contribution is 7.94. The molecule has 120 valence electrons. The Morgan fingerprint density at radius 1 is 1.50 bits per heavy atom. The lowest BCUT2D eigenvalue weighted by Crippen LogP contribution is -2.54. The molecule has 0 bridgehead atoms. The molecular weight excluding hydrogens is 296 g/mol. The standard InChI is InChI=1S/C18H24O3S/c1-2-6-14-11-15(19)13-18(20,12-14)17(8-4-3-5-9-17)16-7-10-22-21-16/h2,4,8,11-12,16,19-20H,1,3,5-7,9-10,13H2. The van der Waals surface area contributed by atoms with Crippen LogP contribution in [-0.2, 0) is 4.18 Å². The molecule has 1 fully saturated rings. The minimum absolute atomic E-state index is 0.00817. The number of hydrogen-bond acceptors (Lipinski definition) is 4. The highest BCUT2D eigenvalue weighted by atomic mass is 32.2. The molecule has 0 spiro atoms. The van der Waals surface area contributed by atoms with Crippen molar-refractivity contribution >= 4 is 12.0 Å². The molecule has 2 N–H and O–H groups in total. The molecule has 0 radical (unpaired) electrons. The van der Waals surface area contributed by atoms with Gasteiger partial charge in [-0.2, -0.15) is 0 Å². The van der Waals surface area contributed by atoms with Crippen molar-refractivity contribution in [1.29, 1.82) is 0 Å². The molecule has 3 atom stereocenters. The smallest absolute Gasteiger partial charge is 0.102 e. The Balaban J connectivity index is 2.03. The van der Waals surface area contributed by atoms with E-state index in [-0.39, 0.29) is 18.3 Å². The summed E-state index contributed by atoms with van der Waals surface area (Å²) in [5.74, 6) is 1.20. The predicted molar refractivity (Wildman–Crippen MR) is 90.5 cm³/mol. The molecule has 3 rings (SSSR count). The van der Waals surface area contributed by atoms with Crippen LogP contribution in [0.4, 0.5) is 0 Å². The number of rotatable bonds is 4. The van der Waals surface area contributed by atoms with Crippen LogP contribution >= 0.6 is 12.0 Å². The van der Waals surface area contributed by atoms with E-state index in [9.17, 15) is 10.2 Å². The average molecular weight is 320 g/mol. The first-order valence-electron chi connectivity index (χ1n) is 8.00. The van der Waals surface area contributed by atoms with Gasteiger partial charge in [0.2, 0.25) is 0 Å². The molecule has 1 heterocycles. The second-order valence-corrected chi connectivity index (χ2v) is 7.32. The van der Waals surface area contributed by atoms with E-state index in [4.69, 9.17) is 4.18 Å². The van der Waals surface area contributed by atoms with Crippen LogP contribution < -0.4 is 0 Å². The molecule has 3 aliphatic rings. The summed E-state index contributed by atoms with van der Waals surface area (Å²) < 4.78 is 5.90. The first kappa shape index (κ1) is 15.9. The average Bonchev–Trinajstić information content (AvgIpc) is 3.02. The zero-order chi connectivity index (χ0) is 15.6. The minimum Gasteiger partial charge on any atom is -0.512 e. The molecule has 22 heavy (non-hydrogen) atoms. The molecule has 2 aliphatic carbocycles. The van der Waals surface area contributed by atoms with Gasteiger partial charge in [-0.15, -0.1) is 6.58 Å². The Kier molecular flexibility index (Phi) is 4.53. The van der Waals surface area contributed by atoms with Gasteiger partial charge in [-0.25, -0.2) is 0 Å². The molecular formula is C18H24O3S. The van der Waals surface area contributed by atoms with Crippen LogP contribution in [0.3, 0.4) is 0 Å². The maximum atomic E-state index is 11.5. The topological polar surface area (TPSA) is 49.7 Å². The van der Waals surface area contributed by atoms with Crippen molar-refractivity contribution in [3.05, 3.63) is 48.3 Å². The molecule has 0 aromatic carbocycles. The lowest BCUT2D eigenvalue weighted by atomic mass is 9.60. The molecule has 3 unspecified atom stereocenters. The van der Waals surface area contributed by atoms with Crippen LogP contribution in [-0.4, -0.2) is 27.7 Å². The highest BCUT2D eigenvalue weighted by Crippen LogP contribution is 2.53. The van der Waals surface area contributed by atoms with Crippen molar-refractivity contribution in [3.63, 3.8) is 0 Å². The van der Waals surface area contributed by atoms with Gasteiger partial charge in [-0.3, -0.25) is 0 Å². The fourth-order valence-electron chi connectivity index (χ4n) is 4.00. The zero-order valence-electron chi connectivity index (χ0n) is 12.8. The van der Waals surface area contributed by atoms with Gasteiger partial charge >= 0.3 is 0 Å². The van der Waals surface area contributed by atoms with Crippen LogP contribution in [0.25, 0.3) is 0 Å². The van der Waals surface area contributed by atoms with Crippen LogP contribution in [0.2, 0.25) is 0 Å². The summed E-state index contributed by atoms with van der Waals surface area (Å²) in [6.45, 7) is 3.76. The maximum absolute atomic E-state index is 11.5. The minimum atomic E-state index is -1.10. The van der Waals surface area contributed by atoms with Crippen molar-refractivity contribution in [1.82, 2.24) is 0 Å². The Hall–Kier alpha value is -0.970. The van der Waals surface area contributed by atoms with Crippen LogP contribution in [0.15, 0.2) is 48.3 Å². The van der Waals surface area contributed by atoms with E-state index in [2.05, 4.69) is 18.7 Å². The van der Waals surface area contributed by atoms with Crippen molar-refractivity contribution in [2.45, 2.75) is 50.2 Å².